The highest BCUT2D eigenvalue weighted by molar-refractivity contribution is 6.30. The molecule has 0 aliphatic heterocycles. The number of rotatable bonds is 2. The van der Waals surface area contributed by atoms with Crippen molar-refractivity contribution in [3.05, 3.63) is 34.2 Å². The number of hydrogen-bond donors (Lipinski definition) is 1. The lowest BCUT2D eigenvalue weighted by molar-refractivity contribution is 0.258. The van der Waals surface area contributed by atoms with E-state index in [1.807, 2.05) is 0 Å². The van der Waals surface area contributed by atoms with Gasteiger partial charge in [-0.2, -0.15) is 0 Å². The molecule has 0 aliphatic carbocycles. The van der Waals surface area contributed by atoms with Crippen molar-refractivity contribution in [3.8, 4) is 0 Å². The van der Waals surface area contributed by atoms with Gasteiger partial charge in [0.2, 0.25) is 0 Å². The molecule has 0 saturated carbocycles. The van der Waals surface area contributed by atoms with E-state index in [0.29, 0.717) is 5.02 Å². The zero-order chi connectivity index (χ0) is 8.27. The largest absolute Gasteiger partial charge is 0.265 e. The van der Waals surface area contributed by atoms with E-state index in [0.717, 1.165) is 0 Å². The highest BCUT2D eigenvalue weighted by atomic mass is 35.5. The highest BCUT2D eigenvalue weighted by Gasteiger charge is 1.99. The molecular weight excluding hydrogens is 168 g/mol. The van der Waals surface area contributed by atoms with E-state index in [-0.39, 0.29) is 10.9 Å². The minimum atomic E-state index is 0.232. The third-order valence-corrected chi connectivity index (χ3v) is 1.39. The summed E-state index contributed by atoms with van der Waals surface area (Å²) >= 11 is 5.55. The SMILES string of the molecule is O=NN(O)c1ccc(Cl)cc1. The first kappa shape index (κ1) is 7.97. The van der Waals surface area contributed by atoms with E-state index >= 15 is 0 Å². The van der Waals surface area contributed by atoms with Gasteiger partial charge >= 0.3 is 0 Å². The Hall–Kier alpha value is -1.13. The molecule has 0 aliphatic rings. The Kier molecular flexibility index (Phi) is 2.40. The molecule has 0 fully saturated rings. The van der Waals surface area contributed by atoms with Crippen molar-refractivity contribution in [3.63, 3.8) is 0 Å². The van der Waals surface area contributed by atoms with E-state index in [9.17, 15) is 4.91 Å². The third kappa shape index (κ3) is 1.89. The summed E-state index contributed by atoms with van der Waals surface area (Å²) in [5, 5.41) is 11.8. The molecule has 0 bridgehead atoms. The van der Waals surface area contributed by atoms with Gasteiger partial charge in [0.1, 0.15) is 0 Å². The van der Waals surface area contributed by atoms with Gasteiger partial charge in [0.25, 0.3) is 0 Å². The lowest BCUT2D eigenvalue weighted by Crippen LogP contribution is -2.07. The summed E-state index contributed by atoms with van der Waals surface area (Å²) in [4.78, 5) is 9.78. The number of nitroso groups, excluding NO2 is 1. The van der Waals surface area contributed by atoms with Crippen LogP contribution in [0.4, 0.5) is 5.69 Å². The van der Waals surface area contributed by atoms with Crippen LogP contribution in [0.25, 0.3) is 0 Å². The topological polar surface area (TPSA) is 52.9 Å². The van der Waals surface area contributed by atoms with Crippen LogP contribution >= 0.6 is 11.6 Å². The van der Waals surface area contributed by atoms with Gasteiger partial charge in [-0.25, -0.2) is 0 Å². The fraction of sp³-hybridized carbons (Fsp3) is 0. The van der Waals surface area contributed by atoms with Crippen molar-refractivity contribution < 1.29 is 5.21 Å². The Bertz CT molecular complexity index is 249. The Morgan fingerprint density at radius 2 is 1.91 bits per heavy atom. The number of anilines is 1. The lowest BCUT2D eigenvalue weighted by Gasteiger charge is -2.04. The summed E-state index contributed by atoms with van der Waals surface area (Å²) in [7, 11) is 0. The number of halogens is 1. The molecule has 1 rings (SSSR count). The van der Waals surface area contributed by atoms with Crippen LogP contribution in [0.1, 0.15) is 0 Å². The van der Waals surface area contributed by atoms with E-state index in [2.05, 4.69) is 5.29 Å². The minimum absolute atomic E-state index is 0.232. The maximum Gasteiger partial charge on any atom is 0.0933 e. The quantitative estimate of drug-likeness (QED) is 0.550. The molecule has 0 spiro atoms. The Balaban J connectivity index is 2.89. The van der Waals surface area contributed by atoms with Crippen molar-refractivity contribution >= 4 is 17.3 Å². The van der Waals surface area contributed by atoms with Crippen LogP contribution in [-0.2, 0) is 0 Å². The summed E-state index contributed by atoms with van der Waals surface area (Å²) in [5.74, 6) is 0. The van der Waals surface area contributed by atoms with Crippen molar-refractivity contribution in [2.75, 3.05) is 5.17 Å². The van der Waals surface area contributed by atoms with Crippen LogP contribution in [0.15, 0.2) is 29.6 Å². The zero-order valence-electron chi connectivity index (χ0n) is 5.44. The Morgan fingerprint density at radius 1 is 1.36 bits per heavy atom. The molecule has 11 heavy (non-hydrogen) atoms. The van der Waals surface area contributed by atoms with Gasteiger partial charge in [0, 0.05) is 5.02 Å². The molecule has 58 valence electrons. The number of benzene rings is 1. The van der Waals surface area contributed by atoms with Gasteiger partial charge in [-0.05, 0) is 24.3 Å². The Morgan fingerprint density at radius 3 is 2.36 bits per heavy atom. The standard InChI is InChI=1S/C6H5ClN2O2/c7-5-1-3-6(4-2-5)9(11)8-10/h1-4,11H. The molecular formula is C6H5ClN2O2. The predicted octanol–water partition coefficient (Wildman–Crippen LogP) is 2.22. The average molecular weight is 173 g/mol. The first-order valence-electron chi connectivity index (χ1n) is 2.82. The summed E-state index contributed by atoms with van der Waals surface area (Å²) in [5.41, 5.74) is 0.282. The number of hydrogen-bond acceptors (Lipinski definition) is 3. The molecule has 0 radical (unpaired) electrons. The summed E-state index contributed by atoms with van der Waals surface area (Å²) in [6, 6.07) is 6.05. The average Bonchev–Trinajstić information content (AvgIpc) is 2.05. The summed E-state index contributed by atoms with van der Waals surface area (Å²) < 4.78 is 0. The van der Waals surface area contributed by atoms with Crippen molar-refractivity contribution in [2.24, 2.45) is 5.29 Å². The molecule has 0 unspecified atom stereocenters. The third-order valence-electron chi connectivity index (χ3n) is 1.13. The summed E-state index contributed by atoms with van der Waals surface area (Å²) in [6.07, 6.45) is 0. The Labute approximate surface area is 67.9 Å². The maximum absolute atomic E-state index is 9.78. The molecule has 0 amide bonds. The smallest absolute Gasteiger partial charge is 0.0933 e. The molecule has 1 aromatic rings. The fourth-order valence-corrected chi connectivity index (χ4v) is 0.748. The van der Waals surface area contributed by atoms with E-state index in [1.54, 1.807) is 12.1 Å². The number of nitrogens with zero attached hydrogens (tertiary/aromatic N) is 2. The second-order valence-corrected chi connectivity index (χ2v) is 2.28. The molecule has 0 saturated heterocycles. The first-order valence-corrected chi connectivity index (χ1v) is 3.19. The minimum Gasteiger partial charge on any atom is -0.265 e. The molecule has 0 atom stereocenters. The van der Waals surface area contributed by atoms with Gasteiger partial charge in [-0.1, -0.05) is 11.6 Å². The molecule has 1 N–H and O–H groups in total. The van der Waals surface area contributed by atoms with Crippen molar-refractivity contribution in [2.45, 2.75) is 0 Å². The summed E-state index contributed by atoms with van der Waals surface area (Å²) in [6.45, 7) is 0. The highest BCUT2D eigenvalue weighted by Crippen LogP contribution is 2.16. The van der Waals surface area contributed by atoms with E-state index in [4.69, 9.17) is 16.8 Å². The molecule has 0 aromatic heterocycles. The molecule has 5 heteroatoms. The van der Waals surface area contributed by atoms with E-state index in [1.165, 1.54) is 12.1 Å². The van der Waals surface area contributed by atoms with Crippen LogP contribution in [0.5, 0.6) is 0 Å². The second kappa shape index (κ2) is 3.32. The van der Waals surface area contributed by atoms with Crippen LogP contribution in [-0.4, -0.2) is 5.21 Å². The van der Waals surface area contributed by atoms with Gasteiger partial charge in [0.05, 0.1) is 11.0 Å². The predicted molar refractivity (Wildman–Crippen MR) is 41.5 cm³/mol. The monoisotopic (exact) mass is 172 g/mol. The molecule has 0 heterocycles. The fourth-order valence-electron chi connectivity index (χ4n) is 0.622. The van der Waals surface area contributed by atoms with Gasteiger partial charge in [-0.15, -0.1) is 10.1 Å². The lowest BCUT2D eigenvalue weighted by atomic mass is 10.3. The van der Waals surface area contributed by atoms with Crippen molar-refractivity contribution in [1.29, 1.82) is 0 Å². The molecule has 1 aromatic carbocycles. The van der Waals surface area contributed by atoms with E-state index < -0.39 is 0 Å². The second-order valence-electron chi connectivity index (χ2n) is 1.85. The van der Waals surface area contributed by atoms with Crippen LogP contribution in [0.2, 0.25) is 5.02 Å². The maximum atomic E-state index is 9.78. The van der Waals surface area contributed by atoms with Crippen LogP contribution in [0, 0.1) is 4.91 Å². The van der Waals surface area contributed by atoms with Crippen molar-refractivity contribution in [1.82, 2.24) is 0 Å². The van der Waals surface area contributed by atoms with Crippen LogP contribution < -0.4 is 5.17 Å². The van der Waals surface area contributed by atoms with Gasteiger partial charge in [-0.3, -0.25) is 5.21 Å². The van der Waals surface area contributed by atoms with Gasteiger partial charge in [0.15, 0.2) is 0 Å². The zero-order valence-corrected chi connectivity index (χ0v) is 6.19. The van der Waals surface area contributed by atoms with Crippen LogP contribution in [0.3, 0.4) is 0 Å². The normalized spacial score (nSPS) is 9.27. The molecule has 4 nitrogen and oxygen atoms in total. The first-order chi connectivity index (χ1) is 5.24. The van der Waals surface area contributed by atoms with Gasteiger partial charge < -0.3 is 0 Å².